The monoisotopic (exact) mass is 363 g/mol. The van der Waals surface area contributed by atoms with Crippen molar-refractivity contribution in [3.8, 4) is 0 Å². The predicted octanol–water partition coefficient (Wildman–Crippen LogP) is 3.43. The van der Waals surface area contributed by atoms with Crippen LogP contribution < -0.4 is 16.4 Å². The van der Waals surface area contributed by atoms with Gasteiger partial charge in [-0.1, -0.05) is 36.4 Å². The van der Waals surface area contributed by atoms with Crippen molar-refractivity contribution in [2.45, 2.75) is 29.7 Å². The number of piperidine rings is 1. The van der Waals surface area contributed by atoms with Crippen molar-refractivity contribution in [2.75, 3.05) is 30.3 Å². The molecule has 0 unspecified atom stereocenters. The van der Waals surface area contributed by atoms with Crippen molar-refractivity contribution in [3.05, 3.63) is 35.6 Å². The molecule has 4 N–H and O–H groups in total. The average Bonchev–Trinajstić information content (AvgIpc) is 2.60. The summed E-state index contributed by atoms with van der Waals surface area (Å²) in [6.07, 6.45) is 5.78. The zero-order valence-corrected chi connectivity index (χ0v) is 15.3. The van der Waals surface area contributed by atoms with Gasteiger partial charge >= 0.3 is 0 Å². The van der Waals surface area contributed by atoms with Crippen LogP contribution in [0.25, 0.3) is 0 Å². The summed E-state index contributed by atoms with van der Waals surface area (Å²) in [7, 11) is 0. The molecular formula is C17H22ClN5S. The highest BCUT2D eigenvalue weighted by atomic mass is 35.5. The zero-order chi connectivity index (χ0) is 17.2. The lowest BCUT2D eigenvalue weighted by Gasteiger charge is -2.39. The van der Waals surface area contributed by atoms with E-state index in [1.807, 2.05) is 18.3 Å². The second-order valence-corrected chi connectivity index (χ2v) is 7.92. The molecule has 1 fully saturated rings. The summed E-state index contributed by atoms with van der Waals surface area (Å²) in [5.41, 5.74) is 12.5. The van der Waals surface area contributed by atoms with E-state index in [1.54, 1.807) is 12.3 Å². The lowest BCUT2D eigenvalue weighted by Crippen LogP contribution is -2.42. The number of hydrogen-bond acceptors (Lipinski definition) is 6. The lowest BCUT2D eigenvalue weighted by atomic mass is 9.80. The molecule has 2 aromatic rings. The fraction of sp³-hybridized carbons (Fsp3) is 0.412. The van der Waals surface area contributed by atoms with Crippen molar-refractivity contribution in [1.29, 1.82) is 0 Å². The Hall–Kier alpha value is -1.50. The van der Waals surface area contributed by atoms with Crippen LogP contribution >= 0.6 is 23.4 Å². The van der Waals surface area contributed by atoms with Crippen LogP contribution in [-0.2, 0) is 0 Å². The van der Waals surface area contributed by atoms with Gasteiger partial charge in [-0.25, -0.2) is 9.97 Å². The molecule has 128 valence electrons. The number of nitrogens with zero attached hydrogens (tertiary/aromatic N) is 3. The Morgan fingerprint density at radius 3 is 2.62 bits per heavy atom. The quantitative estimate of drug-likeness (QED) is 0.810. The molecule has 7 heteroatoms. The number of nitrogens with two attached hydrogens (primary N) is 2. The highest BCUT2D eigenvalue weighted by molar-refractivity contribution is 7.99. The summed E-state index contributed by atoms with van der Waals surface area (Å²) in [4.78, 5) is 12.2. The van der Waals surface area contributed by atoms with E-state index >= 15 is 0 Å². The molecule has 0 bridgehead atoms. The Kier molecular flexibility index (Phi) is 5.18. The molecule has 3 rings (SSSR count). The van der Waals surface area contributed by atoms with Crippen LogP contribution in [0.4, 0.5) is 11.5 Å². The normalized spacial score (nSPS) is 17.0. The third-order valence-corrected chi connectivity index (χ3v) is 6.12. The highest BCUT2D eigenvalue weighted by Gasteiger charge is 2.29. The second-order valence-electron chi connectivity index (χ2n) is 6.48. The van der Waals surface area contributed by atoms with Gasteiger partial charge in [-0.15, -0.1) is 0 Å². The van der Waals surface area contributed by atoms with E-state index in [1.165, 1.54) is 11.8 Å². The van der Waals surface area contributed by atoms with E-state index in [0.29, 0.717) is 10.7 Å². The molecule has 0 aliphatic carbocycles. The Balaban J connectivity index is 1.67. The summed E-state index contributed by atoms with van der Waals surface area (Å²) >= 11 is 7.69. The van der Waals surface area contributed by atoms with Gasteiger partial charge in [-0.3, -0.25) is 0 Å². The SMILES string of the molecule is CC1(CN)CCN(c2cnc(Sc3cccc(N)c3Cl)cn2)CC1. The Bertz CT molecular complexity index is 699. The van der Waals surface area contributed by atoms with E-state index in [2.05, 4.69) is 21.8 Å². The predicted molar refractivity (Wildman–Crippen MR) is 101 cm³/mol. The minimum Gasteiger partial charge on any atom is -0.397 e. The van der Waals surface area contributed by atoms with Gasteiger partial charge in [0.05, 0.1) is 23.1 Å². The number of rotatable bonds is 4. The number of nitrogen functional groups attached to an aromatic ring is 1. The Morgan fingerprint density at radius 2 is 2.00 bits per heavy atom. The number of halogens is 1. The van der Waals surface area contributed by atoms with E-state index < -0.39 is 0 Å². The summed E-state index contributed by atoms with van der Waals surface area (Å²) in [5, 5.41) is 1.36. The van der Waals surface area contributed by atoms with E-state index in [-0.39, 0.29) is 5.41 Å². The molecule has 2 heterocycles. The Morgan fingerprint density at radius 1 is 1.25 bits per heavy atom. The third-order valence-electron chi connectivity index (χ3n) is 4.61. The van der Waals surface area contributed by atoms with Crippen molar-refractivity contribution in [3.63, 3.8) is 0 Å². The molecular weight excluding hydrogens is 342 g/mol. The van der Waals surface area contributed by atoms with Crippen molar-refractivity contribution in [1.82, 2.24) is 9.97 Å². The van der Waals surface area contributed by atoms with Crippen molar-refractivity contribution < 1.29 is 0 Å². The van der Waals surface area contributed by atoms with Crippen LogP contribution in [0.15, 0.2) is 40.5 Å². The number of anilines is 2. The van der Waals surface area contributed by atoms with Gasteiger partial charge in [0.2, 0.25) is 0 Å². The maximum Gasteiger partial charge on any atom is 0.147 e. The molecule has 1 aromatic heterocycles. The van der Waals surface area contributed by atoms with E-state index in [4.69, 9.17) is 23.1 Å². The van der Waals surface area contributed by atoms with Crippen LogP contribution in [0.2, 0.25) is 5.02 Å². The number of hydrogen-bond donors (Lipinski definition) is 2. The molecule has 0 spiro atoms. The minimum absolute atomic E-state index is 0.254. The minimum atomic E-state index is 0.254. The average molecular weight is 364 g/mol. The molecule has 1 aromatic carbocycles. The molecule has 1 saturated heterocycles. The van der Waals surface area contributed by atoms with Crippen LogP contribution in [0.5, 0.6) is 0 Å². The topological polar surface area (TPSA) is 81.1 Å². The van der Waals surface area contributed by atoms with Gasteiger partial charge in [0, 0.05) is 18.0 Å². The van der Waals surface area contributed by atoms with Gasteiger partial charge in [0.15, 0.2) is 0 Å². The highest BCUT2D eigenvalue weighted by Crippen LogP contribution is 2.36. The van der Waals surface area contributed by atoms with Crippen LogP contribution in [0.1, 0.15) is 19.8 Å². The zero-order valence-electron chi connectivity index (χ0n) is 13.7. The Labute approximate surface area is 151 Å². The fourth-order valence-corrected chi connectivity index (χ4v) is 3.76. The molecule has 1 aliphatic heterocycles. The number of benzene rings is 1. The first kappa shape index (κ1) is 17.3. The van der Waals surface area contributed by atoms with Crippen LogP contribution in [-0.4, -0.2) is 29.6 Å². The molecule has 24 heavy (non-hydrogen) atoms. The summed E-state index contributed by atoms with van der Waals surface area (Å²) in [5.74, 6) is 0.914. The molecule has 1 aliphatic rings. The van der Waals surface area contributed by atoms with Gasteiger partial charge in [0.1, 0.15) is 10.8 Å². The first-order valence-electron chi connectivity index (χ1n) is 8.00. The van der Waals surface area contributed by atoms with Crippen LogP contribution in [0.3, 0.4) is 0 Å². The standard InChI is InChI=1S/C17H22ClN5S/c1-17(11-19)5-7-23(8-6-17)14-9-22-15(10-21-14)24-13-4-2-3-12(20)16(13)18/h2-4,9-10H,5-8,11,19-20H2,1H3. The summed E-state index contributed by atoms with van der Waals surface area (Å²) in [6, 6.07) is 5.59. The fourth-order valence-electron chi connectivity index (χ4n) is 2.72. The number of aromatic nitrogens is 2. The molecule has 0 radical (unpaired) electrons. The second kappa shape index (κ2) is 7.17. The van der Waals surface area contributed by atoms with Crippen LogP contribution in [0, 0.1) is 5.41 Å². The van der Waals surface area contributed by atoms with Crippen molar-refractivity contribution in [2.24, 2.45) is 11.1 Å². The maximum atomic E-state index is 6.22. The first-order chi connectivity index (χ1) is 11.5. The molecule has 0 atom stereocenters. The summed E-state index contributed by atoms with van der Waals surface area (Å²) < 4.78 is 0. The first-order valence-corrected chi connectivity index (χ1v) is 9.19. The largest absolute Gasteiger partial charge is 0.397 e. The van der Waals surface area contributed by atoms with Gasteiger partial charge in [-0.2, -0.15) is 0 Å². The summed E-state index contributed by atoms with van der Waals surface area (Å²) in [6.45, 7) is 4.93. The van der Waals surface area contributed by atoms with E-state index in [9.17, 15) is 0 Å². The molecule has 0 amide bonds. The van der Waals surface area contributed by atoms with Gasteiger partial charge < -0.3 is 16.4 Å². The lowest BCUT2D eigenvalue weighted by molar-refractivity contribution is 0.258. The maximum absolute atomic E-state index is 6.22. The molecule has 0 saturated carbocycles. The van der Waals surface area contributed by atoms with Gasteiger partial charge in [0.25, 0.3) is 0 Å². The van der Waals surface area contributed by atoms with Crippen molar-refractivity contribution >= 4 is 34.9 Å². The molecule has 5 nitrogen and oxygen atoms in total. The van der Waals surface area contributed by atoms with E-state index in [0.717, 1.165) is 48.2 Å². The smallest absolute Gasteiger partial charge is 0.147 e. The third kappa shape index (κ3) is 3.77. The van der Waals surface area contributed by atoms with Gasteiger partial charge in [-0.05, 0) is 36.9 Å².